The number of nitriles is 1. The molecular formula is C13H11N5O2. The van der Waals surface area contributed by atoms with E-state index in [9.17, 15) is 9.59 Å². The minimum Gasteiger partial charge on any atom is -0.302 e. The summed E-state index contributed by atoms with van der Waals surface area (Å²) in [6.07, 6.45) is 0. The molecule has 0 saturated heterocycles. The molecule has 0 unspecified atom stereocenters. The van der Waals surface area contributed by atoms with Crippen molar-refractivity contribution in [2.45, 2.75) is 13.5 Å². The number of nitrogens with one attached hydrogen (secondary N) is 1. The molecule has 2 rings (SSSR count). The summed E-state index contributed by atoms with van der Waals surface area (Å²) in [5.41, 5.74) is 0.899. The van der Waals surface area contributed by atoms with Gasteiger partial charge >= 0.3 is 0 Å². The lowest BCUT2D eigenvalue weighted by atomic mass is 10.2. The molecule has 1 aromatic carbocycles. The van der Waals surface area contributed by atoms with Crippen molar-refractivity contribution < 1.29 is 9.59 Å². The highest BCUT2D eigenvalue weighted by atomic mass is 16.2. The van der Waals surface area contributed by atoms with Gasteiger partial charge in [-0.3, -0.25) is 9.59 Å². The molecule has 0 saturated carbocycles. The molecule has 7 nitrogen and oxygen atoms in total. The van der Waals surface area contributed by atoms with Crippen LogP contribution in [0.3, 0.4) is 0 Å². The third kappa shape index (κ3) is 2.87. The molecule has 1 amide bonds. The SMILES string of the molecule is CC(=O)C(=O)Nc1c(C#N)nnn1Cc1ccccc1. The number of nitrogens with zero attached hydrogens (tertiary/aromatic N) is 4. The molecule has 0 fully saturated rings. The number of carbonyl (C=O) groups is 2. The number of Topliss-reactive ketones (excluding diaryl/α,β-unsaturated/α-hetero) is 1. The van der Waals surface area contributed by atoms with Crippen molar-refractivity contribution in [1.29, 1.82) is 5.26 Å². The number of hydrogen-bond acceptors (Lipinski definition) is 5. The second kappa shape index (κ2) is 5.75. The van der Waals surface area contributed by atoms with Gasteiger partial charge in [-0.2, -0.15) is 5.26 Å². The monoisotopic (exact) mass is 269 g/mol. The first kappa shape index (κ1) is 13.4. The van der Waals surface area contributed by atoms with Crippen molar-refractivity contribution in [2.24, 2.45) is 0 Å². The van der Waals surface area contributed by atoms with E-state index >= 15 is 0 Å². The number of hydrogen-bond donors (Lipinski definition) is 1. The minimum atomic E-state index is -0.807. The van der Waals surface area contributed by atoms with Crippen LogP contribution in [0, 0.1) is 11.3 Å². The molecule has 0 bridgehead atoms. The lowest BCUT2D eigenvalue weighted by Crippen LogP contribution is -2.22. The molecule has 1 heterocycles. The molecule has 20 heavy (non-hydrogen) atoms. The maximum atomic E-state index is 11.4. The summed E-state index contributed by atoms with van der Waals surface area (Å²) in [7, 11) is 0. The average Bonchev–Trinajstić information content (AvgIpc) is 2.82. The molecule has 0 spiro atoms. The second-order valence-electron chi connectivity index (χ2n) is 4.05. The van der Waals surface area contributed by atoms with Crippen LogP contribution >= 0.6 is 0 Å². The Balaban J connectivity index is 2.30. The van der Waals surface area contributed by atoms with Gasteiger partial charge in [-0.25, -0.2) is 4.68 Å². The summed E-state index contributed by atoms with van der Waals surface area (Å²) in [5, 5.41) is 18.8. The Morgan fingerprint density at radius 3 is 2.65 bits per heavy atom. The highest BCUT2D eigenvalue weighted by Gasteiger charge is 2.17. The topological polar surface area (TPSA) is 101 Å². The Hall–Kier alpha value is -3.01. The van der Waals surface area contributed by atoms with Gasteiger partial charge in [0.1, 0.15) is 6.07 Å². The van der Waals surface area contributed by atoms with E-state index in [0.717, 1.165) is 12.5 Å². The maximum absolute atomic E-state index is 11.4. The van der Waals surface area contributed by atoms with Crippen LogP contribution in [-0.2, 0) is 16.1 Å². The molecule has 0 atom stereocenters. The molecule has 100 valence electrons. The van der Waals surface area contributed by atoms with Crippen LogP contribution in [0.15, 0.2) is 30.3 Å². The number of carbonyl (C=O) groups excluding carboxylic acids is 2. The fourth-order valence-corrected chi connectivity index (χ4v) is 1.57. The quantitative estimate of drug-likeness (QED) is 0.824. The van der Waals surface area contributed by atoms with Crippen LogP contribution in [0.5, 0.6) is 0 Å². The molecule has 7 heteroatoms. The molecule has 0 aliphatic heterocycles. The molecule has 2 aromatic rings. The summed E-state index contributed by atoms with van der Waals surface area (Å²) < 4.78 is 1.37. The maximum Gasteiger partial charge on any atom is 0.292 e. The number of ketones is 1. The van der Waals surface area contributed by atoms with E-state index in [2.05, 4.69) is 15.6 Å². The summed E-state index contributed by atoms with van der Waals surface area (Å²) in [5.74, 6) is -1.34. The number of amides is 1. The first-order valence-corrected chi connectivity index (χ1v) is 5.81. The molecule has 0 aliphatic carbocycles. The van der Waals surface area contributed by atoms with E-state index in [4.69, 9.17) is 5.26 Å². The zero-order valence-electron chi connectivity index (χ0n) is 10.7. The Labute approximate surface area is 114 Å². The number of benzene rings is 1. The van der Waals surface area contributed by atoms with Crippen molar-refractivity contribution in [3.63, 3.8) is 0 Å². The fraction of sp³-hybridized carbons (Fsp3) is 0.154. The summed E-state index contributed by atoms with van der Waals surface area (Å²) in [6, 6.07) is 11.2. The largest absolute Gasteiger partial charge is 0.302 e. The molecular weight excluding hydrogens is 258 g/mol. The number of aromatic nitrogens is 3. The van der Waals surface area contributed by atoms with E-state index in [-0.39, 0.29) is 11.5 Å². The van der Waals surface area contributed by atoms with Crippen LogP contribution in [0.1, 0.15) is 18.2 Å². The van der Waals surface area contributed by atoms with E-state index in [1.807, 2.05) is 36.4 Å². The third-order valence-electron chi connectivity index (χ3n) is 2.57. The third-order valence-corrected chi connectivity index (χ3v) is 2.57. The van der Waals surface area contributed by atoms with Gasteiger partial charge in [0.2, 0.25) is 11.5 Å². The smallest absolute Gasteiger partial charge is 0.292 e. The van der Waals surface area contributed by atoms with Crippen LogP contribution in [-0.4, -0.2) is 26.7 Å². The zero-order chi connectivity index (χ0) is 14.5. The number of rotatable bonds is 4. The van der Waals surface area contributed by atoms with Gasteiger partial charge in [0.05, 0.1) is 6.54 Å². The van der Waals surface area contributed by atoms with Gasteiger partial charge < -0.3 is 5.32 Å². The lowest BCUT2D eigenvalue weighted by molar-refractivity contribution is -0.133. The molecule has 0 radical (unpaired) electrons. The van der Waals surface area contributed by atoms with Gasteiger partial charge in [-0.15, -0.1) is 5.10 Å². The normalized spacial score (nSPS) is 9.80. The van der Waals surface area contributed by atoms with Crippen LogP contribution < -0.4 is 5.32 Å². The number of anilines is 1. The Morgan fingerprint density at radius 2 is 2.05 bits per heavy atom. The van der Waals surface area contributed by atoms with Crippen LogP contribution in [0.25, 0.3) is 0 Å². The highest BCUT2D eigenvalue weighted by molar-refractivity contribution is 6.39. The summed E-state index contributed by atoms with van der Waals surface area (Å²) in [6.45, 7) is 1.48. The van der Waals surface area contributed by atoms with Crippen molar-refractivity contribution in [1.82, 2.24) is 15.0 Å². The first-order valence-electron chi connectivity index (χ1n) is 5.81. The molecule has 0 aliphatic rings. The van der Waals surface area contributed by atoms with Gasteiger partial charge in [0.25, 0.3) is 5.91 Å². The van der Waals surface area contributed by atoms with E-state index in [1.165, 1.54) is 4.68 Å². The minimum absolute atomic E-state index is 0.0319. The summed E-state index contributed by atoms with van der Waals surface area (Å²) >= 11 is 0. The van der Waals surface area contributed by atoms with Crippen molar-refractivity contribution in [3.8, 4) is 6.07 Å². The highest BCUT2D eigenvalue weighted by Crippen LogP contribution is 2.13. The van der Waals surface area contributed by atoms with Gasteiger partial charge in [-0.05, 0) is 5.56 Å². The van der Waals surface area contributed by atoms with E-state index < -0.39 is 11.7 Å². The summed E-state index contributed by atoms with van der Waals surface area (Å²) in [4.78, 5) is 22.4. The van der Waals surface area contributed by atoms with Gasteiger partial charge in [-0.1, -0.05) is 35.5 Å². The zero-order valence-corrected chi connectivity index (χ0v) is 10.7. The second-order valence-corrected chi connectivity index (χ2v) is 4.05. The van der Waals surface area contributed by atoms with E-state index in [1.54, 1.807) is 0 Å². The van der Waals surface area contributed by atoms with E-state index in [0.29, 0.717) is 6.54 Å². The average molecular weight is 269 g/mol. The first-order chi connectivity index (χ1) is 9.61. The van der Waals surface area contributed by atoms with Gasteiger partial charge in [0.15, 0.2) is 5.82 Å². The van der Waals surface area contributed by atoms with Crippen LogP contribution in [0.2, 0.25) is 0 Å². The Kier molecular flexibility index (Phi) is 3.86. The lowest BCUT2D eigenvalue weighted by Gasteiger charge is -2.07. The fourth-order valence-electron chi connectivity index (χ4n) is 1.57. The standard InChI is InChI=1S/C13H11N5O2/c1-9(19)13(20)15-12-11(7-14)16-17-18(12)8-10-5-3-2-4-6-10/h2-6H,8H2,1H3,(H,15,20). The van der Waals surface area contributed by atoms with Gasteiger partial charge in [0, 0.05) is 6.92 Å². The Morgan fingerprint density at radius 1 is 1.35 bits per heavy atom. The predicted octanol–water partition coefficient (Wildman–Crippen LogP) is 0.726. The molecule has 1 N–H and O–H groups in total. The van der Waals surface area contributed by atoms with Crippen molar-refractivity contribution in [3.05, 3.63) is 41.6 Å². The van der Waals surface area contributed by atoms with Crippen molar-refractivity contribution in [2.75, 3.05) is 5.32 Å². The Bertz CT molecular complexity index is 685. The predicted molar refractivity (Wildman–Crippen MR) is 69.6 cm³/mol. The van der Waals surface area contributed by atoms with Crippen LogP contribution in [0.4, 0.5) is 5.82 Å². The van der Waals surface area contributed by atoms with Crippen molar-refractivity contribution >= 4 is 17.5 Å². The molecule has 1 aromatic heterocycles.